The summed E-state index contributed by atoms with van der Waals surface area (Å²) in [6, 6.07) is -0.0898. The number of nitrogens with one attached hydrogen (secondary N) is 1. The van der Waals surface area contributed by atoms with Gasteiger partial charge in [0.2, 0.25) is 5.91 Å². The fourth-order valence-corrected chi connectivity index (χ4v) is 4.58. The zero-order valence-corrected chi connectivity index (χ0v) is 11.9. The second-order valence-electron chi connectivity index (χ2n) is 5.56. The predicted molar refractivity (Wildman–Crippen MR) is 69.7 cm³/mol. The molecule has 0 aliphatic carbocycles. The van der Waals surface area contributed by atoms with E-state index in [1.54, 1.807) is 4.90 Å². The number of amides is 1. The monoisotopic (exact) mass is 274 g/mol. The van der Waals surface area contributed by atoms with Crippen LogP contribution in [-0.4, -0.2) is 50.0 Å². The Morgan fingerprint density at radius 3 is 2.78 bits per heavy atom. The molecule has 0 spiro atoms. The average molecular weight is 274 g/mol. The van der Waals surface area contributed by atoms with Crippen molar-refractivity contribution in [3.8, 4) is 0 Å². The molecule has 2 fully saturated rings. The van der Waals surface area contributed by atoms with E-state index in [4.69, 9.17) is 0 Å². The van der Waals surface area contributed by atoms with E-state index in [0.717, 1.165) is 6.42 Å². The Bertz CT molecular complexity index is 421. The van der Waals surface area contributed by atoms with Crippen LogP contribution in [0.5, 0.6) is 0 Å². The minimum Gasteiger partial charge on any atom is -0.328 e. The van der Waals surface area contributed by atoms with Crippen molar-refractivity contribution in [2.75, 3.05) is 24.7 Å². The Kier molecular flexibility index (Phi) is 3.96. The molecule has 1 N–H and O–H groups in total. The Balaban J connectivity index is 1.91. The molecule has 2 rings (SSSR count). The van der Waals surface area contributed by atoms with Crippen LogP contribution in [0.4, 0.5) is 0 Å². The summed E-state index contributed by atoms with van der Waals surface area (Å²) in [5.74, 6) is 1.10. The first kappa shape index (κ1) is 13.8. The third kappa shape index (κ3) is 2.85. The minimum atomic E-state index is -2.85. The van der Waals surface area contributed by atoms with Gasteiger partial charge in [-0.2, -0.15) is 0 Å². The summed E-state index contributed by atoms with van der Waals surface area (Å²) in [5, 5.41) is 3.23. The van der Waals surface area contributed by atoms with Crippen LogP contribution < -0.4 is 5.32 Å². The number of sulfone groups is 1. The molecule has 0 saturated carbocycles. The van der Waals surface area contributed by atoms with Gasteiger partial charge in [-0.15, -0.1) is 0 Å². The topological polar surface area (TPSA) is 66.5 Å². The minimum absolute atomic E-state index is 0.0898. The Labute approximate surface area is 109 Å². The molecule has 0 aromatic heterocycles. The molecule has 2 aliphatic heterocycles. The smallest absolute Gasteiger partial charge is 0.241 e. The SMILES string of the molecule is CCC(C)C1NCN(CC2CCS(=O)(=O)C2)C1=O. The second-order valence-corrected chi connectivity index (χ2v) is 7.78. The fraction of sp³-hybridized carbons (Fsp3) is 0.917. The normalized spacial score (nSPS) is 33.0. The van der Waals surface area contributed by atoms with Gasteiger partial charge in [0.25, 0.3) is 0 Å². The van der Waals surface area contributed by atoms with Crippen LogP contribution in [0.15, 0.2) is 0 Å². The van der Waals surface area contributed by atoms with Crippen molar-refractivity contribution >= 4 is 15.7 Å². The fourth-order valence-electron chi connectivity index (χ4n) is 2.73. The number of hydrogen-bond acceptors (Lipinski definition) is 4. The number of carbonyl (C=O) groups is 1. The molecule has 3 unspecified atom stereocenters. The third-order valence-electron chi connectivity index (χ3n) is 4.10. The molecule has 6 heteroatoms. The maximum absolute atomic E-state index is 12.2. The summed E-state index contributed by atoms with van der Waals surface area (Å²) >= 11 is 0. The molecule has 18 heavy (non-hydrogen) atoms. The van der Waals surface area contributed by atoms with E-state index in [9.17, 15) is 13.2 Å². The lowest BCUT2D eigenvalue weighted by molar-refractivity contribution is -0.130. The molecule has 2 heterocycles. The van der Waals surface area contributed by atoms with E-state index in [0.29, 0.717) is 25.6 Å². The highest BCUT2D eigenvalue weighted by Gasteiger charge is 2.37. The molecule has 3 atom stereocenters. The quantitative estimate of drug-likeness (QED) is 0.796. The summed E-state index contributed by atoms with van der Waals surface area (Å²) < 4.78 is 22.8. The van der Waals surface area contributed by atoms with Crippen LogP contribution in [0.3, 0.4) is 0 Å². The van der Waals surface area contributed by atoms with Crippen molar-refractivity contribution in [3.05, 3.63) is 0 Å². The van der Waals surface area contributed by atoms with Crippen LogP contribution in [0.1, 0.15) is 26.7 Å². The van der Waals surface area contributed by atoms with E-state index < -0.39 is 9.84 Å². The summed E-state index contributed by atoms with van der Waals surface area (Å²) in [6.07, 6.45) is 1.66. The first-order valence-corrected chi connectivity index (χ1v) is 8.47. The summed E-state index contributed by atoms with van der Waals surface area (Å²) in [6.45, 7) is 5.29. The molecule has 2 saturated heterocycles. The lowest BCUT2D eigenvalue weighted by Gasteiger charge is -2.20. The average Bonchev–Trinajstić information content (AvgIpc) is 2.83. The highest BCUT2D eigenvalue weighted by atomic mass is 32.2. The van der Waals surface area contributed by atoms with Crippen molar-refractivity contribution in [2.45, 2.75) is 32.7 Å². The molecule has 1 amide bonds. The van der Waals surface area contributed by atoms with Gasteiger partial charge < -0.3 is 4.90 Å². The first-order valence-electron chi connectivity index (χ1n) is 6.65. The number of nitrogens with zero attached hydrogens (tertiary/aromatic N) is 1. The van der Waals surface area contributed by atoms with Crippen LogP contribution >= 0.6 is 0 Å². The van der Waals surface area contributed by atoms with Crippen LogP contribution in [-0.2, 0) is 14.6 Å². The Morgan fingerprint density at radius 1 is 1.50 bits per heavy atom. The molecule has 2 aliphatic rings. The zero-order chi connectivity index (χ0) is 13.3. The van der Waals surface area contributed by atoms with Gasteiger partial charge in [0.05, 0.1) is 24.2 Å². The van der Waals surface area contributed by atoms with Crippen LogP contribution in [0, 0.1) is 11.8 Å². The highest BCUT2D eigenvalue weighted by molar-refractivity contribution is 7.91. The lowest BCUT2D eigenvalue weighted by Crippen LogP contribution is -2.37. The van der Waals surface area contributed by atoms with Gasteiger partial charge >= 0.3 is 0 Å². The predicted octanol–water partition coefficient (Wildman–Crippen LogP) is 0.225. The van der Waals surface area contributed by atoms with Crippen molar-refractivity contribution in [1.82, 2.24) is 10.2 Å². The Hall–Kier alpha value is -0.620. The van der Waals surface area contributed by atoms with Gasteiger partial charge in [-0.05, 0) is 18.3 Å². The highest BCUT2D eigenvalue weighted by Crippen LogP contribution is 2.22. The molecule has 0 aromatic carbocycles. The van der Waals surface area contributed by atoms with Gasteiger partial charge in [-0.25, -0.2) is 8.42 Å². The third-order valence-corrected chi connectivity index (χ3v) is 5.94. The van der Waals surface area contributed by atoms with Gasteiger partial charge in [0, 0.05) is 6.54 Å². The van der Waals surface area contributed by atoms with Crippen molar-refractivity contribution in [2.24, 2.45) is 11.8 Å². The van der Waals surface area contributed by atoms with Gasteiger partial charge in [0.1, 0.15) is 0 Å². The summed E-state index contributed by atoms with van der Waals surface area (Å²) in [4.78, 5) is 13.9. The summed E-state index contributed by atoms with van der Waals surface area (Å²) in [7, 11) is -2.85. The molecule has 0 radical (unpaired) electrons. The molecule has 104 valence electrons. The van der Waals surface area contributed by atoms with Crippen molar-refractivity contribution < 1.29 is 13.2 Å². The van der Waals surface area contributed by atoms with Gasteiger partial charge in [-0.1, -0.05) is 20.3 Å². The largest absolute Gasteiger partial charge is 0.328 e. The van der Waals surface area contributed by atoms with Crippen molar-refractivity contribution in [3.63, 3.8) is 0 Å². The molecule has 0 aromatic rings. The summed E-state index contributed by atoms with van der Waals surface area (Å²) in [5.41, 5.74) is 0. The molecule has 0 bridgehead atoms. The van der Waals surface area contributed by atoms with Gasteiger partial charge in [0.15, 0.2) is 9.84 Å². The molecule has 5 nitrogen and oxygen atoms in total. The molecular weight excluding hydrogens is 252 g/mol. The first-order chi connectivity index (χ1) is 8.43. The van der Waals surface area contributed by atoms with E-state index in [2.05, 4.69) is 19.2 Å². The van der Waals surface area contributed by atoms with Crippen molar-refractivity contribution in [1.29, 1.82) is 0 Å². The van der Waals surface area contributed by atoms with Crippen LogP contribution in [0.2, 0.25) is 0 Å². The van der Waals surface area contributed by atoms with E-state index in [-0.39, 0.29) is 29.4 Å². The van der Waals surface area contributed by atoms with E-state index in [1.807, 2.05) is 0 Å². The Morgan fingerprint density at radius 2 is 2.22 bits per heavy atom. The van der Waals surface area contributed by atoms with Crippen LogP contribution in [0.25, 0.3) is 0 Å². The van der Waals surface area contributed by atoms with E-state index >= 15 is 0 Å². The number of rotatable bonds is 4. The number of carbonyl (C=O) groups excluding carboxylic acids is 1. The zero-order valence-electron chi connectivity index (χ0n) is 11.1. The lowest BCUT2D eigenvalue weighted by atomic mass is 9.99. The van der Waals surface area contributed by atoms with E-state index in [1.165, 1.54) is 0 Å². The standard InChI is InChI=1S/C12H22N2O3S/c1-3-9(2)11-12(15)14(8-13-11)6-10-4-5-18(16,17)7-10/h9-11,13H,3-8H2,1-2H3. The van der Waals surface area contributed by atoms with Gasteiger partial charge in [-0.3, -0.25) is 10.1 Å². The number of hydrogen-bond donors (Lipinski definition) is 1. The second kappa shape index (κ2) is 5.17. The maximum Gasteiger partial charge on any atom is 0.241 e. The maximum atomic E-state index is 12.2. The molecular formula is C12H22N2O3S.